The molecule has 4 aromatic rings. The van der Waals surface area contributed by atoms with Crippen molar-refractivity contribution in [3.63, 3.8) is 0 Å². The smallest absolute Gasteiger partial charge is 0.266 e. The van der Waals surface area contributed by atoms with Gasteiger partial charge in [-0.3, -0.25) is 28.9 Å². The molecular formula is C36H29N3O5. The normalized spacial score (nSPS) is 19.8. The molecule has 0 fully saturated rings. The van der Waals surface area contributed by atoms with Gasteiger partial charge in [0.1, 0.15) is 0 Å². The number of nitrogens with zero attached hydrogens (tertiary/aromatic N) is 2. The number of imide groups is 2. The minimum Gasteiger partial charge on any atom is -0.399 e. The van der Waals surface area contributed by atoms with Crippen molar-refractivity contribution >= 4 is 40.8 Å². The van der Waals surface area contributed by atoms with E-state index in [1.807, 2.05) is 24.3 Å². The number of nitrogen functional groups attached to an aromatic ring is 1. The summed E-state index contributed by atoms with van der Waals surface area (Å²) in [6, 6.07) is 22.3. The van der Waals surface area contributed by atoms with Crippen molar-refractivity contribution in [2.45, 2.75) is 38.0 Å². The van der Waals surface area contributed by atoms with Crippen molar-refractivity contribution in [1.29, 1.82) is 0 Å². The second kappa shape index (κ2) is 9.07. The lowest BCUT2D eigenvalue weighted by Gasteiger charge is -2.29. The lowest BCUT2D eigenvalue weighted by atomic mass is 9.75. The highest BCUT2D eigenvalue weighted by Gasteiger charge is 2.46. The number of anilines is 2. The summed E-state index contributed by atoms with van der Waals surface area (Å²) in [4.78, 5) is 67.1. The number of nitrogens with two attached hydrogens (primary N) is 1. The fourth-order valence-electron chi connectivity index (χ4n) is 7.20. The Morgan fingerprint density at radius 2 is 1.20 bits per heavy atom. The van der Waals surface area contributed by atoms with Crippen LogP contribution in [0.3, 0.4) is 0 Å². The lowest BCUT2D eigenvalue weighted by Crippen LogP contribution is -2.29. The predicted octanol–water partition coefficient (Wildman–Crippen LogP) is 5.51. The van der Waals surface area contributed by atoms with Crippen LogP contribution in [-0.2, 0) is 10.8 Å². The predicted molar refractivity (Wildman–Crippen MR) is 165 cm³/mol. The summed E-state index contributed by atoms with van der Waals surface area (Å²) in [5.74, 6) is -2.31. The van der Waals surface area contributed by atoms with Gasteiger partial charge >= 0.3 is 0 Å². The fourth-order valence-corrected chi connectivity index (χ4v) is 7.20. The van der Waals surface area contributed by atoms with Crippen molar-refractivity contribution in [2.24, 2.45) is 0 Å². The Labute approximate surface area is 254 Å². The molecule has 4 aromatic carbocycles. The van der Waals surface area contributed by atoms with E-state index >= 15 is 0 Å². The number of hydrogen-bond donors (Lipinski definition) is 1. The molecule has 8 heteroatoms. The Morgan fingerprint density at radius 1 is 0.659 bits per heavy atom. The largest absolute Gasteiger partial charge is 0.399 e. The van der Waals surface area contributed by atoms with E-state index in [9.17, 15) is 24.0 Å². The average Bonchev–Trinajstić information content (AvgIpc) is 3.48. The molecule has 0 bridgehead atoms. The third-order valence-corrected chi connectivity index (χ3v) is 9.43. The third-order valence-electron chi connectivity index (χ3n) is 9.43. The van der Waals surface area contributed by atoms with Crippen LogP contribution in [0.1, 0.15) is 101 Å². The van der Waals surface area contributed by atoms with Crippen LogP contribution in [0, 0.1) is 0 Å². The number of benzene rings is 4. The number of fused-ring (bicyclic) bond motifs is 3. The lowest BCUT2D eigenvalue weighted by molar-refractivity contribution is 0.0692. The minimum absolute atomic E-state index is 0.0444. The van der Waals surface area contributed by atoms with Gasteiger partial charge in [-0.1, -0.05) is 51.1 Å². The summed E-state index contributed by atoms with van der Waals surface area (Å²) >= 11 is 0. The number of rotatable bonds is 4. The van der Waals surface area contributed by atoms with Gasteiger partial charge in [-0.05, 0) is 77.1 Å². The molecular weight excluding hydrogens is 554 g/mol. The van der Waals surface area contributed by atoms with Crippen LogP contribution >= 0.6 is 0 Å². The summed E-state index contributed by atoms with van der Waals surface area (Å²) in [5.41, 5.74) is 11.6. The molecule has 8 nitrogen and oxygen atoms in total. The van der Waals surface area contributed by atoms with Gasteiger partial charge in [-0.25, -0.2) is 4.90 Å². The standard InChI is InChI=1S/C36H29N3O5/c1-35(2)18-36(3,29-17-22(37)9-14-28(29)35)21-7-10-23(11-8-21)39-33(43)25-13-6-20(16-27(25)34(39)44)30(40)19-5-12-24-26(15-19)32(42)38(4)31(24)41/h5-17H,18,37H2,1-4H3. The molecule has 4 amide bonds. The van der Waals surface area contributed by atoms with Gasteiger partial charge in [-0.2, -0.15) is 0 Å². The Balaban J connectivity index is 1.18. The molecule has 1 unspecified atom stereocenters. The van der Waals surface area contributed by atoms with E-state index < -0.39 is 29.4 Å². The zero-order chi connectivity index (χ0) is 31.3. The molecule has 3 aliphatic rings. The van der Waals surface area contributed by atoms with E-state index in [2.05, 4.69) is 26.8 Å². The second-order valence-electron chi connectivity index (χ2n) is 12.7. The van der Waals surface area contributed by atoms with E-state index in [0.717, 1.165) is 21.8 Å². The molecule has 0 aromatic heterocycles. The first-order valence-corrected chi connectivity index (χ1v) is 14.4. The molecule has 1 atom stereocenters. The van der Waals surface area contributed by atoms with Crippen LogP contribution in [0.2, 0.25) is 0 Å². The number of carbonyl (C=O) groups is 5. The first kappa shape index (κ1) is 27.5. The molecule has 0 spiro atoms. The van der Waals surface area contributed by atoms with Gasteiger partial charge in [0.15, 0.2) is 5.78 Å². The van der Waals surface area contributed by atoms with Crippen molar-refractivity contribution in [1.82, 2.24) is 4.90 Å². The van der Waals surface area contributed by atoms with Crippen molar-refractivity contribution in [2.75, 3.05) is 17.7 Å². The summed E-state index contributed by atoms with van der Waals surface area (Å²) in [7, 11) is 1.39. The minimum atomic E-state index is -0.518. The van der Waals surface area contributed by atoms with Crippen LogP contribution in [0.25, 0.3) is 0 Å². The number of amides is 4. The quantitative estimate of drug-likeness (QED) is 0.192. The Kier molecular flexibility index (Phi) is 5.66. The Bertz CT molecular complexity index is 2010. The highest BCUT2D eigenvalue weighted by atomic mass is 16.2. The molecule has 2 heterocycles. The average molecular weight is 584 g/mol. The molecule has 2 N–H and O–H groups in total. The topological polar surface area (TPSA) is 118 Å². The summed E-state index contributed by atoms with van der Waals surface area (Å²) in [6.45, 7) is 6.65. The van der Waals surface area contributed by atoms with E-state index in [1.54, 1.807) is 12.1 Å². The van der Waals surface area contributed by atoms with E-state index in [-0.39, 0.29) is 44.2 Å². The van der Waals surface area contributed by atoms with Crippen molar-refractivity contribution in [3.05, 3.63) is 129 Å². The number of ketones is 1. The highest BCUT2D eigenvalue weighted by molar-refractivity contribution is 6.35. The van der Waals surface area contributed by atoms with Crippen LogP contribution in [0.5, 0.6) is 0 Å². The van der Waals surface area contributed by atoms with Crippen molar-refractivity contribution < 1.29 is 24.0 Å². The van der Waals surface area contributed by atoms with Gasteiger partial charge in [0.2, 0.25) is 0 Å². The summed E-state index contributed by atoms with van der Waals surface area (Å²) < 4.78 is 0. The third kappa shape index (κ3) is 3.73. The van der Waals surface area contributed by atoms with Crippen molar-refractivity contribution in [3.8, 4) is 0 Å². The molecule has 0 saturated carbocycles. The molecule has 0 radical (unpaired) electrons. The molecule has 7 rings (SSSR count). The summed E-state index contributed by atoms with van der Waals surface area (Å²) in [5, 5.41) is 0. The monoisotopic (exact) mass is 583 g/mol. The molecule has 2 aliphatic heterocycles. The molecule has 1 aliphatic carbocycles. The van der Waals surface area contributed by atoms with Gasteiger partial charge in [0, 0.05) is 29.3 Å². The SMILES string of the molecule is CN1C(=O)c2ccc(C(=O)c3ccc4c(c3)C(=O)N(c3ccc(C5(C)CC(C)(C)c6ccc(N)cc65)cc3)C4=O)cc2C1=O. The maximum Gasteiger partial charge on any atom is 0.266 e. The highest BCUT2D eigenvalue weighted by Crippen LogP contribution is 2.53. The maximum absolute atomic E-state index is 13.6. The molecule has 44 heavy (non-hydrogen) atoms. The zero-order valence-corrected chi connectivity index (χ0v) is 24.7. The first-order valence-electron chi connectivity index (χ1n) is 14.4. The maximum atomic E-state index is 13.6. The second-order valence-corrected chi connectivity index (χ2v) is 12.7. The van der Waals surface area contributed by atoms with Crippen LogP contribution < -0.4 is 10.6 Å². The van der Waals surface area contributed by atoms with Gasteiger partial charge in [-0.15, -0.1) is 0 Å². The molecule has 0 saturated heterocycles. The first-order chi connectivity index (χ1) is 20.8. The van der Waals surface area contributed by atoms with Gasteiger partial charge in [0.25, 0.3) is 23.6 Å². The van der Waals surface area contributed by atoms with Crippen LogP contribution in [0.15, 0.2) is 78.9 Å². The molecule has 218 valence electrons. The van der Waals surface area contributed by atoms with E-state index in [4.69, 9.17) is 5.73 Å². The fraction of sp³-hybridized carbons (Fsp3) is 0.194. The Morgan fingerprint density at radius 3 is 1.84 bits per heavy atom. The van der Waals surface area contributed by atoms with Crippen LogP contribution in [-0.4, -0.2) is 41.4 Å². The van der Waals surface area contributed by atoms with Gasteiger partial charge < -0.3 is 5.73 Å². The Hall–Kier alpha value is -5.37. The number of carbonyl (C=O) groups excluding carboxylic acids is 5. The van der Waals surface area contributed by atoms with E-state index in [0.29, 0.717) is 11.4 Å². The van der Waals surface area contributed by atoms with E-state index in [1.165, 1.54) is 54.6 Å². The zero-order valence-electron chi connectivity index (χ0n) is 24.7. The van der Waals surface area contributed by atoms with Crippen LogP contribution in [0.4, 0.5) is 11.4 Å². The number of hydrogen-bond acceptors (Lipinski definition) is 6. The summed E-state index contributed by atoms with van der Waals surface area (Å²) in [6.07, 6.45) is 0.882. The van der Waals surface area contributed by atoms with Gasteiger partial charge in [0.05, 0.1) is 27.9 Å².